The Morgan fingerprint density at radius 1 is 1.35 bits per heavy atom. The van der Waals surface area contributed by atoms with Gasteiger partial charge < -0.3 is 10.5 Å². The molecule has 0 aliphatic rings. The Kier molecular flexibility index (Phi) is 3.76. The minimum absolute atomic E-state index is 0.00806. The number of ether oxygens (including phenoxy) is 1. The number of rotatable bonds is 4. The molecular formula is C13H16N2OS. The summed E-state index contributed by atoms with van der Waals surface area (Å²) >= 11 is 1.64. The van der Waals surface area contributed by atoms with Gasteiger partial charge in [-0.05, 0) is 23.8 Å². The normalized spacial score (nSPS) is 14.3. The molecule has 0 radical (unpaired) electrons. The largest absolute Gasteiger partial charge is 0.496 e. The molecule has 2 aromatic heterocycles. The van der Waals surface area contributed by atoms with Crippen LogP contribution in [0.1, 0.15) is 29.3 Å². The Morgan fingerprint density at radius 2 is 2.06 bits per heavy atom. The Balaban J connectivity index is 2.17. The van der Waals surface area contributed by atoms with Crippen LogP contribution in [0.5, 0.6) is 5.75 Å². The summed E-state index contributed by atoms with van der Waals surface area (Å²) in [5, 5.41) is 1.98. The van der Waals surface area contributed by atoms with Crippen molar-refractivity contribution in [3.8, 4) is 5.75 Å². The van der Waals surface area contributed by atoms with E-state index in [1.165, 1.54) is 5.56 Å². The zero-order valence-electron chi connectivity index (χ0n) is 9.96. The lowest BCUT2D eigenvalue weighted by atomic mass is 9.94. The Bertz CT molecular complexity index is 469. The average Bonchev–Trinajstić information content (AvgIpc) is 2.87. The molecule has 2 aromatic rings. The first kappa shape index (κ1) is 12.1. The van der Waals surface area contributed by atoms with Crippen LogP contribution in [0.4, 0.5) is 0 Å². The van der Waals surface area contributed by atoms with Crippen LogP contribution in [-0.4, -0.2) is 12.1 Å². The van der Waals surface area contributed by atoms with Crippen LogP contribution in [-0.2, 0) is 0 Å². The molecule has 3 nitrogen and oxygen atoms in total. The van der Waals surface area contributed by atoms with Crippen molar-refractivity contribution < 1.29 is 4.74 Å². The highest BCUT2D eigenvalue weighted by Gasteiger charge is 2.18. The van der Waals surface area contributed by atoms with Gasteiger partial charge in [0.15, 0.2) is 0 Å². The van der Waals surface area contributed by atoms with E-state index in [9.17, 15) is 0 Å². The smallest absolute Gasteiger partial charge is 0.129 e. The molecule has 0 amide bonds. The number of pyridine rings is 1. The van der Waals surface area contributed by atoms with Crippen LogP contribution in [0.3, 0.4) is 0 Å². The summed E-state index contributed by atoms with van der Waals surface area (Å²) in [6, 6.07) is 6.02. The molecule has 0 saturated heterocycles. The molecule has 17 heavy (non-hydrogen) atoms. The zero-order valence-corrected chi connectivity index (χ0v) is 10.8. The van der Waals surface area contributed by atoms with Crippen molar-refractivity contribution in [2.24, 2.45) is 5.73 Å². The highest BCUT2D eigenvalue weighted by molar-refractivity contribution is 7.10. The van der Waals surface area contributed by atoms with Crippen LogP contribution in [0.15, 0.2) is 36.0 Å². The molecule has 0 aliphatic heterocycles. The molecule has 2 atom stereocenters. The lowest BCUT2D eigenvalue weighted by molar-refractivity contribution is 0.416. The van der Waals surface area contributed by atoms with E-state index in [0.717, 1.165) is 10.6 Å². The van der Waals surface area contributed by atoms with Gasteiger partial charge >= 0.3 is 0 Å². The van der Waals surface area contributed by atoms with E-state index >= 15 is 0 Å². The van der Waals surface area contributed by atoms with Crippen LogP contribution < -0.4 is 10.5 Å². The number of nitrogens with two attached hydrogens (primary N) is 1. The molecule has 0 spiro atoms. The van der Waals surface area contributed by atoms with Gasteiger partial charge in [0.2, 0.25) is 0 Å². The maximum absolute atomic E-state index is 6.27. The van der Waals surface area contributed by atoms with Crippen molar-refractivity contribution in [3.05, 3.63) is 46.4 Å². The topological polar surface area (TPSA) is 48.1 Å². The van der Waals surface area contributed by atoms with Gasteiger partial charge in [0.25, 0.3) is 0 Å². The van der Waals surface area contributed by atoms with Crippen LogP contribution >= 0.6 is 11.3 Å². The molecule has 2 rings (SSSR count). The third-order valence-electron chi connectivity index (χ3n) is 2.93. The predicted molar refractivity (Wildman–Crippen MR) is 70.5 cm³/mol. The Morgan fingerprint density at radius 3 is 2.65 bits per heavy atom. The number of methoxy groups -OCH3 is 1. The second-order valence-electron chi connectivity index (χ2n) is 3.98. The fraction of sp³-hybridized carbons (Fsp3) is 0.308. The third-order valence-corrected chi connectivity index (χ3v) is 3.94. The fourth-order valence-electron chi connectivity index (χ4n) is 1.74. The van der Waals surface area contributed by atoms with E-state index in [0.29, 0.717) is 0 Å². The summed E-state index contributed by atoms with van der Waals surface area (Å²) in [4.78, 5) is 5.16. The number of nitrogens with zero attached hydrogens (tertiary/aromatic N) is 1. The summed E-state index contributed by atoms with van der Waals surface area (Å²) in [5.74, 6) is 1.14. The average molecular weight is 248 g/mol. The van der Waals surface area contributed by atoms with Crippen molar-refractivity contribution in [2.75, 3.05) is 7.11 Å². The molecule has 0 fully saturated rings. The highest BCUT2D eigenvalue weighted by Crippen LogP contribution is 2.33. The molecule has 4 heteroatoms. The third kappa shape index (κ3) is 2.65. The number of thiophene rings is 1. The van der Waals surface area contributed by atoms with E-state index in [4.69, 9.17) is 10.5 Å². The van der Waals surface area contributed by atoms with Crippen molar-refractivity contribution in [2.45, 2.75) is 18.9 Å². The number of aromatic nitrogens is 1. The molecule has 0 aromatic carbocycles. The predicted octanol–water partition coefficient (Wildman–Crippen LogP) is 2.96. The first-order chi connectivity index (χ1) is 8.22. The molecule has 90 valence electrons. The molecule has 0 aliphatic carbocycles. The van der Waals surface area contributed by atoms with Gasteiger partial charge in [0, 0.05) is 34.6 Å². The molecule has 2 unspecified atom stereocenters. The lowest BCUT2D eigenvalue weighted by Gasteiger charge is -2.18. The second-order valence-corrected chi connectivity index (χ2v) is 4.93. The molecule has 2 N–H and O–H groups in total. The van der Waals surface area contributed by atoms with E-state index in [1.54, 1.807) is 30.8 Å². The van der Waals surface area contributed by atoms with Gasteiger partial charge in [-0.1, -0.05) is 6.92 Å². The van der Waals surface area contributed by atoms with E-state index in [-0.39, 0.29) is 12.0 Å². The van der Waals surface area contributed by atoms with Crippen molar-refractivity contribution in [3.63, 3.8) is 0 Å². The fourth-order valence-corrected chi connectivity index (χ4v) is 2.70. The minimum atomic E-state index is -0.00806. The summed E-state index contributed by atoms with van der Waals surface area (Å²) in [7, 11) is 1.67. The Hall–Kier alpha value is -1.39. The van der Waals surface area contributed by atoms with Gasteiger partial charge in [0.1, 0.15) is 5.75 Å². The van der Waals surface area contributed by atoms with Gasteiger partial charge in [-0.15, -0.1) is 11.3 Å². The molecule has 0 bridgehead atoms. The highest BCUT2D eigenvalue weighted by atomic mass is 32.1. The SMILES string of the molecule is COc1csc(C(N)C(C)c2ccncc2)c1. The summed E-state index contributed by atoms with van der Waals surface area (Å²) in [5.41, 5.74) is 7.48. The summed E-state index contributed by atoms with van der Waals surface area (Å²) in [6.07, 6.45) is 3.60. The summed E-state index contributed by atoms with van der Waals surface area (Å²) in [6.45, 7) is 2.13. The quantitative estimate of drug-likeness (QED) is 0.905. The Labute approximate surface area is 105 Å². The van der Waals surface area contributed by atoms with Gasteiger partial charge in [-0.3, -0.25) is 4.98 Å². The van der Waals surface area contributed by atoms with E-state index in [1.807, 2.05) is 23.6 Å². The molecular weight excluding hydrogens is 232 g/mol. The lowest BCUT2D eigenvalue weighted by Crippen LogP contribution is -2.16. The number of hydrogen-bond donors (Lipinski definition) is 1. The van der Waals surface area contributed by atoms with Crippen molar-refractivity contribution in [1.29, 1.82) is 0 Å². The minimum Gasteiger partial charge on any atom is -0.496 e. The summed E-state index contributed by atoms with van der Waals surface area (Å²) < 4.78 is 5.18. The van der Waals surface area contributed by atoms with E-state index < -0.39 is 0 Å². The standard InChI is InChI=1S/C13H16N2OS/c1-9(10-3-5-15-6-4-10)13(14)12-7-11(16-2)8-17-12/h3-9,13H,14H2,1-2H3. The first-order valence-electron chi connectivity index (χ1n) is 5.50. The van der Waals surface area contributed by atoms with Crippen LogP contribution in [0, 0.1) is 0 Å². The number of hydrogen-bond acceptors (Lipinski definition) is 4. The van der Waals surface area contributed by atoms with Crippen LogP contribution in [0.25, 0.3) is 0 Å². The van der Waals surface area contributed by atoms with Crippen LogP contribution in [0.2, 0.25) is 0 Å². The second kappa shape index (κ2) is 5.29. The van der Waals surface area contributed by atoms with E-state index in [2.05, 4.69) is 11.9 Å². The zero-order chi connectivity index (χ0) is 12.3. The van der Waals surface area contributed by atoms with Crippen molar-refractivity contribution >= 4 is 11.3 Å². The monoisotopic (exact) mass is 248 g/mol. The first-order valence-corrected chi connectivity index (χ1v) is 6.38. The van der Waals surface area contributed by atoms with Gasteiger partial charge in [-0.25, -0.2) is 0 Å². The molecule has 2 heterocycles. The maximum atomic E-state index is 6.27. The van der Waals surface area contributed by atoms with Gasteiger partial charge in [0.05, 0.1) is 7.11 Å². The molecule has 0 saturated carbocycles. The maximum Gasteiger partial charge on any atom is 0.129 e. The van der Waals surface area contributed by atoms with Gasteiger partial charge in [-0.2, -0.15) is 0 Å². The van der Waals surface area contributed by atoms with Crippen molar-refractivity contribution in [1.82, 2.24) is 4.98 Å².